The first kappa shape index (κ1) is 16.4. The third-order valence-electron chi connectivity index (χ3n) is 2.58. The highest BCUT2D eigenvalue weighted by Gasteiger charge is 2.08. The molecule has 1 unspecified atom stereocenters. The molecule has 0 aromatic heterocycles. The molecular formula is C14H22BrNO3. The molecule has 0 aliphatic heterocycles. The molecule has 5 heteroatoms. The van der Waals surface area contributed by atoms with E-state index < -0.39 is 0 Å². The maximum atomic E-state index is 5.93. The number of methoxy groups -OCH3 is 1. The summed E-state index contributed by atoms with van der Waals surface area (Å²) < 4.78 is 17.0. The van der Waals surface area contributed by atoms with Crippen molar-refractivity contribution in [1.82, 2.24) is 0 Å². The van der Waals surface area contributed by atoms with Gasteiger partial charge in [-0.05, 0) is 25.1 Å². The summed E-state index contributed by atoms with van der Waals surface area (Å²) in [7, 11) is 1.66. The predicted octanol–water partition coefficient (Wildman–Crippen LogP) is 2.90. The van der Waals surface area contributed by atoms with Gasteiger partial charge in [0.2, 0.25) is 0 Å². The minimum absolute atomic E-state index is 0.0505. The van der Waals surface area contributed by atoms with Crippen LogP contribution in [0.15, 0.2) is 22.7 Å². The molecule has 1 aromatic rings. The molecule has 0 saturated carbocycles. The van der Waals surface area contributed by atoms with E-state index in [1.165, 1.54) is 0 Å². The van der Waals surface area contributed by atoms with E-state index in [4.69, 9.17) is 19.9 Å². The molecule has 4 nitrogen and oxygen atoms in total. The van der Waals surface area contributed by atoms with Crippen molar-refractivity contribution in [2.24, 2.45) is 5.73 Å². The molecule has 1 rings (SSSR count). The second-order valence-electron chi connectivity index (χ2n) is 4.28. The Labute approximate surface area is 123 Å². The number of nitrogens with two attached hydrogens (primary N) is 1. The zero-order chi connectivity index (χ0) is 14.1. The van der Waals surface area contributed by atoms with Crippen LogP contribution in [0.5, 0.6) is 5.75 Å². The minimum atomic E-state index is -0.0505. The van der Waals surface area contributed by atoms with Crippen molar-refractivity contribution in [2.45, 2.75) is 19.4 Å². The van der Waals surface area contributed by atoms with Gasteiger partial charge in [-0.1, -0.05) is 15.9 Å². The lowest BCUT2D eigenvalue weighted by Crippen LogP contribution is -2.10. The normalized spacial score (nSPS) is 12.4. The topological polar surface area (TPSA) is 53.7 Å². The first-order chi connectivity index (χ1) is 9.15. The maximum Gasteiger partial charge on any atom is 0.124 e. The van der Waals surface area contributed by atoms with Gasteiger partial charge < -0.3 is 19.9 Å². The van der Waals surface area contributed by atoms with Crippen LogP contribution in [0, 0.1) is 0 Å². The third-order valence-corrected chi connectivity index (χ3v) is 3.08. The zero-order valence-electron chi connectivity index (χ0n) is 11.5. The molecule has 19 heavy (non-hydrogen) atoms. The molecule has 1 atom stereocenters. The molecule has 0 spiro atoms. The summed E-state index contributed by atoms with van der Waals surface area (Å²) in [5.41, 5.74) is 6.94. The summed E-state index contributed by atoms with van der Waals surface area (Å²) in [6.45, 7) is 4.49. The monoisotopic (exact) mass is 331 g/mol. The van der Waals surface area contributed by atoms with E-state index in [2.05, 4.69) is 15.9 Å². The number of ether oxygens (including phenoxy) is 3. The fraction of sp³-hybridized carbons (Fsp3) is 0.571. The van der Waals surface area contributed by atoms with Crippen molar-refractivity contribution in [2.75, 3.05) is 33.5 Å². The standard InChI is InChI=1S/C14H22BrNO3/c1-11(16)13-10-12(15)4-5-14(13)19-7-3-6-18-9-8-17-2/h4-5,10-11H,3,6-9,16H2,1-2H3. The van der Waals surface area contributed by atoms with Crippen LogP contribution in [0.25, 0.3) is 0 Å². The van der Waals surface area contributed by atoms with E-state index in [1.807, 2.05) is 25.1 Å². The summed E-state index contributed by atoms with van der Waals surface area (Å²) in [5.74, 6) is 0.843. The molecule has 0 aliphatic carbocycles. The lowest BCUT2D eigenvalue weighted by Gasteiger charge is -2.14. The number of rotatable bonds is 9. The lowest BCUT2D eigenvalue weighted by atomic mass is 10.1. The Hall–Kier alpha value is -0.620. The average Bonchev–Trinajstić information content (AvgIpc) is 2.39. The molecule has 0 fully saturated rings. The molecule has 0 heterocycles. The Bertz CT molecular complexity index is 372. The third kappa shape index (κ3) is 6.38. The van der Waals surface area contributed by atoms with Crippen molar-refractivity contribution in [3.63, 3.8) is 0 Å². The summed E-state index contributed by atoms with van der Waals surface area (Å²) >= 11 is 3.44. The van der Waals surface area contributed by atoms with Crippen LogP contribution in [0.4, 0.5) is 0 Å². The van der Waals surface area contributed by atoms with Gasteiger partial charge in [0, 0.05) is 36.2 Å². The van der Waals surface area contributed by atoms with Crippen LogP contribution in [-0.2, 0) is 9.47 Å². The summed E-state index contributed by atoms with van der Waals surface area (Å²) in [6.07, 6.45) is 0.845. The van der Waals surface area contributed by atoms with E-state index in [1.54, 1.807) is 7.11 Å². The number of hydrogen-bond donors (Lipinski definition) is 1. The Morgan fingerprint density at radius 1 is 1.21 bits per heavy atom. The van der Waals surface area contributed by atoms with Crippen LogP contribution in [0.1, 0.15) is 24.9 Å². The molecule has 1 aromatic carbocycles. The molecule has 0 amide bonds. The van der Waals surface area contributed by atoms with Gasteiger partial charge in [-0.25, -0.2) is 0 Å². The molecule has 0 aliphatic rings. The van der Waals surface area contributed by atoms with Crippen LogP contribution < -0.4 is 10.5 Å². The van der Waals surface area contributed by atoms with Gasteiger partial charge in [0.05, 0.1) is 19.8 Å². The lowest BCUT2D eigenvalue weighted by molar-refractivity contribution is 0.0644. The van der Waals surface area contributed by atoms with E-state index in [0.717, 1.165) is 22.2 Å². The van der Waals surface area contributed by atoms with Crippen LogP contribution in [0.3, 0.4) is 0 Å². The predicted molar refractivity (Wildman–Crippen MR) is 79.6 cm³/mol. The van der Waals surface area contributed by atoms with Gasteiger partial charge in [0.25, 0.3) is 0 Å². The second kappa shape index (κ2) is 9.31. The van der Waals surface area contributed by atoms with Crippen molar-refractivity contribution >= 4 is 15.9 Å². The van der Waals surface area contributed by atoms with Gasteiger partial charge in [0.1, 0.15) is 5.75 Å². The fourth-order valence-corrected chi connectivity index (χ4v) is 1.97. The van der Waals surface area contributed by atoms with E-state index in [0.29, 0.717) is 26.4 Å². The van der Waals surface area contributed by atoms with Crippen molar-refractivity contribution in [1.29, 1.82) is 0 Å². The second-order valence-corrected chi connectivity index (χ2v) is 5.19. The van der Waals surface area contributed by atoms with E-state index >= 15 is 0 Å². The van der Waals surface area contributed by atoms with Crippen molar-refractivity contribution < 1.29 is 14.2 Å². The zero-order valence-corrected chi connectivity index (χ0v) is 13.1. The highest BCUT2D eigenvalue weighted by molar-refractivity contribution is 9.10. The summed E-state index contributed by atoms with van der Waals surface area (Å²) in [4.78, 5) is 0. The number of halogens is 1. The average molecular weight is 332 g/mol. The van der Waals surface area contributed by atoms with Gasteiger partial charge in [-0.15, -0.1) is 0 Å². The molecule has 0 bridgehead atoms. The molecule has 108 valence electrons. The first-order valence-electron chi connectivity index (χ1n) is 6.39. The Balaban J connectivity index is 2.33. The van der Waals surface area contributed by atoms with Gasteiger partial charge >= 0.3 is 0 Å². The summed E-state index contributed by atoms with van der Waals surface area (Å²) in [5, 5.41) is 0. The quantitative estimate of drug-likeness (QED) is 0.707. The number of benzene rings is 1. The molecule has 0 radical (unpaired) electrons. The Morgan fingerprint density at radius 2 is 2.00 bits per heavy atom. The molecule has 2 N–H and O–H groups in total. The van der Waals surface area contributed by atoms with Crippen molar-refractivity contribution in [3.05, 3.63) is 28.2 Å². The van der Waals surface area contributed by atoms with Gasteiger partial charge in [0.15, 0.2) is 0 Å². The van der Waals surface area contributed by atoms with Crippen LogP contribution in [0.2, 0.25) is 0 Å². The van der Waals surface area contributed by atoms with Gasteiger partial charge in [-0.2, -0.15) is 0 Å². The smallest absolute Gasteiger partial charge is 0.124 e. The highest BCUT2D eigenvalue weighted by Crippen LogP contribution is 2.27. The SMILES string of the molecule is COCCOCCCOc1ccc(Br)cc1C(C)N. The van der Waals surface area contributed by atoms with Crippen LogP contribution in [-0.4, -0.2) is 33.5 Å². The largest absolute Gasteiger partial charge is 0.493 e. The highest BCUT2D eigenvalue weighted by atomic mass is 79.9. The van der Waals surface area contributed by atoms with Crippen LogP contribution >= 0.6 is 15.9 Å². The van der Waals surface area contributed by atoms with Crippen molar-refractivity contribution in [3.8, 4) is 5.75 Å². The van der Waals surface area contributed by atoms with Gasteiger partial charge in [-0.3, -0.25) is 0 Å². The minimum Gasteiger partial charge on any atom is -0.493 e. The van der Waals surface area contributed by atoms with E-state index in [-0.39, 0.29) is 6.04 Å². The maximum absolute atomic E-state index is 5.93. The first-order valence-corrected chi connectivity index (χ1v) is 7.19. The Morgan fingerprint density at radius 3 is 2.68 bits per heavy atom. The summed E-state index contributed by atoms with van der Waals surface area (Å²) in [6, 6.07) is 5.84. The van der Waals surface area contributed by atoms with E-state index in [9.17, 15) is 0 Å². The fourth-order valence-electron chi connectivity index (χ4n) is 1.59. The molecule has 0 saturated heterocycles. The molecular weight excluding hydrogens is 310 g/mol. The number of hydrogen-bond acceptors (Lipinski definition) is 4. The Kier molecular flexibility index (Phi) is 8.05.